The van der Waals surface area contributed by atoms with Crippen LogP contribution in [0.1, 0.15) is 27.0 Å². The van der Waals surface area contributed by atoms with E-state index in [-0.39, 0.29) is 33.1 Å². The van der Waals surface area contributed by atoms with Gasteiger partial charge in [-0.2, -0.15) is 8.78 Å². The number of hydrogen-bond donors (Lipinski definition) is 1. The highest BCUT2D eigenvalue weighted by Gasteiger charge is 2.54. The average Bonchev–Trinajstić information content (AvgIpc) is 3.21. The van der Waals surface area contributed by atoms with Crippen molar-refractivity contribution in [2.75, 3.05) is 0 Å². The van der Waals surface area contributed by atoms with Gasteiger partial charge in [-0.05, 0) is 40.5 Å². The predicted octanol–water partition coefficient (Wildman–Crippen LogP) is -0.118. The molecular formula is C22H12B6ClF2N3O4. The van der Waals surface area contributed by atoms with Gasteiger partial charge in [0.05, 0.1) is 36.8 Å². The lowest BCUT2D eigenvalue weighted by Gasteiger charge is -2.48. The molecule has 0 aliphatic carbocycles. The third-order valence-electron chi connectivity index (χ3n) is 6.71. The molecule has 1 N–H and O–H groups in total. The molecule has 2 heterocycles. The van der Waals surface area contributed by atoms with Crippen molar-refractivity contribution in [1.29, 1.82) is 0 Å². The first-order chi connectivity index (χ1) is 17.5. The second kappa shape index (κ2) is 9.36. The fourth-order valence-electron chi connectivity index (χ4n) is 4.30. The fraction of sp³-hybridized carbons (Fsp3) is 0.273. The molecule has 178 valence electrons. The Hall–Kier alpha value is -2.94. The quantitative estimate of drug-likeness (QED) is 0.440. The zero-order valence-electron chi connectivity index (χ0n) is 19.5. The molecule has 1 saturated heterocycles. The van der Waals surface area contributed by atoms with E-state index < -0.39 is 57.5 Å². The summed E-state index contributed by atoms with van der Waals surface area (Å²) >= 11 is 5.72. The van der Waals surface area contributed by atoms with Crippen LogP contribution in [-0.2, 0) is 32.2 Å². The third-order valence-corrected chi connectivity index (χ3v) is 6.96. The maximum Gasteiger partial charge on any atom is 0.348 e. The molecule has 4 amide bonds. The minimum atomic E-state index is -4.11. The number of amides is 4. The maximum atomic E-state index is 14.9. The van der Waals surface area contributed by atoms with E-state index >= 15 is 0 Å². The Morgan fingerprint density at radius 1 is 1.08 bits per heavy atom. The second-order valence-electron chi connectivity index (χ2n) is 9.04. The largest absolute Gasteiger partial charge is 0.398 e. The van der Waals surface area contributed by atoms with E-state index in [1.54, 1.807) is 0 Å². The minimum Gasteiger partial charge on any atom is -0.398 e. The van der Waals surface area contributed by atoms with Gasteiger partial charge in [0, 0.05) is 22.7 Å². The molecular weight excluding hydrogens is 509 g/mol. The summed E-state index contributed by atoms with van der Waals surface area (Å²) in [6.07, 6.45) is 0. The Bertz CT molecular complexity index is 1370. The van der Waals surface area contributed by atoms with E-state index in [2.05, 4.69) is 0 Å². The van der Waals surface area contributed by atoms with Gasteiger partial charge >= 0.3 is 5.92 Å². The van der Waals surface area contributed by atoms with Crippen molar-refractivity contribution in [1.82, 2.24) is 15.0 Å². The van der Waals surface area contributed by atoms with Crippen molar-refractivity contribution in [3.63, 3.8) is 0 Å². The van der Waals surface area contributed by atoms with Gasteiger partial charge in [-0.15, -0.1) is 0 Å². The number of benzene rings is 2. The van der Waals surface area contributed by atoms with Crippen LogP contribution in [0.3, 0.4) is 0 Å². The summed E-state index contributed by atoms with van der Waals surface area (Å²) in [5, 5.41) is -0.303. The summed E-state index contributed by atoms with van der Waals surface area (Å²) in [4.78, 5) is 51.2. The first-order valence-corrected chi connectivity index (χ1v) is 11.3. The highest BCUT2D eigenvalue weighted by Crippen LogP contribution is 2.42. The number of imide groups is 1. The third kappa shape index (κ3) is 4.19. The van der Waals surface area contributed by atoms with Crippen LogP contribution < -0.4 is 5.32 Å². The molecule has 12 radical (unpaired) electrons. The van der Waals surface area contributed by atoms with Crippen LogP contribution in [0.2, 0.25) is 16.7 Å². The van der Waals surface area contributed by atoms with E-state index in [4.69, 9.17) is 58.8 Å². The number of hydrogen-bond acceptors (Lipinski definition) is 4. The molecule has 2 aliphatic rings. The number of piperidine rings is 1. The van der Waals surface area contributed by atoms with E-state index in [0.29, 0.717) is 0 Å². The van der Waals surface area contributed by atoms with Crippen molar-refractivity contribution in [2.24, 2.45) is 0 Å². The van der Waals surface area contributed by atoms with Crippen LogP contribution in [0.5, 0.6) is 0 Å². The molecule has 0 spiro atoms. The predicted molar refractivity (Wildman–Crippen MR) is 138 cm³/mol. The first-order valence-electron chi connectivity index (χ1n) is 11.0. The lowest BCUT2D eigenvalue weighted by atomic mass is 9.48. The van der Waals surface area contributed by atoms with Crippen molar-refractivity contribution in [3.05, 3.63) is 69.7 Å². The van der Waals surface area contributed by atoms with Gasteiger partial charge < -0.3 is 9.71 Å². The maximum absolute atomic E-state index is 14.9. The molecule has 1 fully saturated rings. The Labute approximate surface area is 229 Å². The lowest BCUT2D eigenvalue weighted by Crippen LogP contribution is -2.67. The Morgan fingerprint density at radius 2 is 1.66 bits per heavy atom. The van der Waals surface area contributed by atoms with Crippen molar-refractivity contribution in [2.45, 2.75) is 34.9 Å². The number of rotatable bonds is 5. The summed E-state index contributed by atoms with van der Waals surface area (Å²) in [7, 11) is 35.7. The van der Waals surface area contributed by atoms with Gasteiger partial charge in [-0.25, -0.2) is 0 Å². The average molecular weight is 521 g/mol. The van der Waals surface area contributed by atoms with Crippen molar-refractivity contribution >= 4 is 82.4 Å². The van der Waals surface area contributed by atoms with Crippen LogP contribution in [0.15, 0.2) is 42.5 Å². The van der Waals surface area contributed by atoms with Crippen LogP contribution in [0.25, 0.3) is 0 Å². The summed E-state index contributed by atoms with van der Waals surface area (Å²) < 4.78 is 29.8. The molecule has 2 unspecified atom stereocenters. The van der Waals surface area contributed by atoms with E-state index in [9.17, 15) is 28.0 Å². The molecule has 2 aromatic carbocycles. The van der Waals surface area contributed by atoms with Gasteiger partial charge in [-0.1, -0.05) is 41.7 Å². The molecule has 38 heavy (non-hydrogen) atoms. The SMILES string of the molecule is [B]C1C(=O)NC(=O)[C@@]([B])(N2Cc3cc(C([B])([B])N([B])C(=O)C(F)(F)c4ccc(Cl)cc4)ccc3C2=O)C1[B]. The van der Waals surface area contributed by atoms with Gasteiger partial charge in [0.1, 0.15) is 7.85 Å². The molecule has 2 aromatic rings. The van der Waals surface area contributed by atoms with Crippen molar-refractivity contribution in [3.8, 4) is 0 Å². The Morgan fingerprint density at radius 3 is 2.26 bits per heavy atom. The standard InChI is InChI=1S/C22H12B6ClF2N3O4/c23-14-15(24)20(25,18(37)32-16(14)35)33-8-9-7-11(3-6-13(9)17(33)36)22(26,27)34(28)19(38)21(30,31)10-1-4-12(29)5-2-10/h1-7,14-15H,8H2,(H,32,35,37)/t14?,15?,20-/m0/s1. The monoisotopic (exact) mass is 521 g/mol. The molecule has 16 heteroatoms. The molecule has 0 saturated carbocycles. The van der Waals surface area contributed by atoms with E-state index in [1.165, 1.54) is 30.3 Å². The molecule has 2 aliphatic heterocycles. The number of nitrogens with zero attached hydrogens (tertiary/aromatic N) is 2. The van der Waals surface area contributed by atoms with Crippen LogP contribution >= 0.6 is 11.6 Å². The number of nitrogens with one attached hydrogen (secondary N) is 1. The van der Waals surface area contributed by atoms with Gasteiger partial charge in [0.15, 0.2) is 0 Å². The molecule has 3 atom stereocenters. The van der Waals surface area contributed by atoms with E-state index in [1.807, 2.05) is 5.32 Å². The summed E-state index contributed by atoms with van der Waals surface area (Å²) in [6, 6.07) is 7.95. The van der Waals surface area contributed by atoms with Crippen LogP contribution in [-0.4, -0.2) is 86.0 Å². The van der Waals surface area contributed by atoms with Crippen LogP contribution in [0.4, 0.5) is 8.78 Å². The Balaban J connectivity index is 1.63. The first kappa shape index (κ1) is 28.1. The highest BCUT2D eigenvalue weighted by molar-refractivity contribution is 6.44. The molecule has 0 bridgehead atoms. The fourth-order valence-corrected chi connectivity index (χ4v) is 4.42. The summed E-state index contributed by atoms with van der Waals surface area (Å²) in [5.74, 6) is -11.5. The lowest BCUT2D eigenvalue weighted by molar-refractivity contribution is -0.155. The van der Waals surface area contributed by atoms with Crippen molar-refractivity contribution < 1.29 is 28.0 Å². The number of halogens is 3. The summed E-state index contributed by atoms with van der Waals surface area (Å²) in [6.45, 7) is -0.309. The number of alkyl halides is 2. The smallest absolute Gasteiger partial charge is 0.348 e. The zero-order valence-corrected chi connectivity index (χ0v) is 20.3. The number of carbonyl (C=O) groups is 4. The van der Waals surface area contributed by atoms with E-state index in [0.717, 1.165) is 17.0 Å². The normalized spacial score (nSPS) is 23.7. The van der Waals surface area contributed by atoms with Crippen LogP contribution in [0, 0.1) is 0 Å². The van der Waals surface area contributed by atoms with Gasteiger partial charge in [-0.3, -0.25) is 24.5 Å². The van der Waals surface area contributed by atoms with Gasteiger partial charge in [0.2, 0.25) is 19.8 Å². The number of carbonyl (C=O) groups excluding carboxylic acids is 4. The Kier molecular flexibility index (Phi) is 6.92. The second-order valence-corrected chi connectivity index (χ2v) is 9.48. The molecule has 0 aromatic heterocycles. The summed E-state index contributed by atoms with van der Waals surface area (Å²) in [5.41, 5.74) is -2.73. The number of fused-ring (bicyclic) bond motifs is 1. The molecule has 4 rings (SSSR count). The topological polar surface area (TPSA) is 86.8 Å². The van der Waals surface area contributed by atoms with Gasteiger partial charge in [0.25, 0.3) is 11.8 Å². The minimum absolute atomic E-state index is 0.0164. The molecule has 7 nitrogen and oxygen atoms in total. The zero-order chi connectivity index (χ0) is 28.4. The highest BCUT2D eigenvalue weighted by atomic mass is 35.5.